The Morgan fingerprint density at radius 1 is 1.04 bits per heavy atom. The molecule has 1 saturated heterocycles. The normalized spacial score (nSPS) is 27.4. The molecule has 1 aliphatic carbocycles. The van der Waals surface area contributed by atoms with Gasteiger partial charge in [0.1, 0.15) is 5.60 Å². The molecular formula is C18H33N3O2. The van der Waals surface area contributed by atoms with Crippen LogP contribution in [0.2, 0.25) is 0 Å². The Balaban J connectivity index is 1.81. The van der Waals surface area contributed by atoms with Crippen molar-refractivity contribution in [3.63, 3.8) is 0 Å². The van der Waals surface area contributed by atoms with Gasteiger partial charge in [0, 0.05) is 13.1 Å². The predicted octanol–water partition coefficient (Wildman–Crippen LogP) is 3.08. The number of likely N-dealkylation sites (tertiary alicyclic amines) is 1. The highest BCUT2D eigenvalue weighted by atomic mass is 16.6. The van der Waals surface area contributed by atoms with Crippen LogP contribution in [-0.2, 0) is 9.53 Å². The number of hydrogen-bond acceptors (Lipinski definition) is 3. The highest BCUT2D eigenvalue weighted by molar-refractivity contribution is 5.78. The zero-order valence-electron chi connectivity index (χ0n) is 15.0. The molecule has 2 fully saturated rings. The number of nitrogens with zero attached hydrogens (tertiary/aromatic N) is 2. The molecule has 0 aromatic heterocycles. The second-order valence-electron chi connectivity index (χ2n) is 7.93. The van der Waals surface area contributed by atoms with Gasteiger partial charge in [-0.3, -0.25) is 4.79 Å². The third kappa shape index (κ3) is 6.04. The molecule has 0 bridgehead atoms. The van der Waals surface area contributed by atoms with E-state index in [0.717, 1.165) is 38.8 Å². The number of esters is 1. The number of hydrogen-bond donors (Lipinski definition) is 1. The molecule has 0 atom stereocenters. The van der Waals surface area contributed by atoms with Crippen LogP contribution in [0.15, 0.2) is 4.99 Å². The SMILES string of the molecule is CC(C)(C)OC(=O)C1CCC(N=C(N)N2CCCCCC2)CC1. The molecule has 2 aliphatic rings. The zero-order valence-corrected chi connectivity index (χ0v) is 15.0. The summed E-state index contributed by atoms with van der Waals surface area (Å²) < 4.78 is 5.49. The van der Waals surface area contributed by atoms with Gasteiger partial charge in [-0.25, -0.2) is 4.99 Å². The Bertz CT molecular complexity index is 412. The standard InChI is InChI=1S/C18H33N3O2/c1-18(2,3)23-16(22)14-8-10-15(11-9-14)20-17(19)21-12-6-4-5-7-13-21/h14-15H,4-13H2,1-3H3,(H2,19,20). The largest absolute Gasteiger partial charge is 0.460 e. The predicted molar refractivity (Wildman–Crippen MR) is 93.3 cm³/mol. The maximum atomic E-state index is 12.1. The second-order valence-corrected chi connectivity index (χ2v) is 7.93. The Kier molecular flexibility index (Phi) is 6.31. The molecule has 2 rings (SSSR count). The molecule has 1 heterocycles. The summed E-state index contributed by atoms with van der Waals surface area (Å²) in [6.45, 7) is 7.82. The van der Waals surface area contributed by atoms with Gasteiger partial charge >= 0.3 is 5.97 Å². The number of carbonyl (C=O) groups is 1. The topological polar surface area (TPSA) is 67.9 Å². The molecule has 0 spiro atoms. The molecule has 1 saturated carbocycles. The first-order valence-electron chi connectivity index (χ1n) is 9.16. The van der Waals surface area contributed by atoms with Crippen molar-refractivity contribution in [1.82, 2.24) is 4.90 Å². The lowest BCUT2D eigenvalue weighted by molar-refractivity contribution is -0.161. The number of ether oxygens (including phenoxy) is 1. The van der Waals surface area contributed by atoms with Gasteiger partial charge in [-0.2, -0.15) is 0 Å². The van der Waals surface area contributed by atoms with Crippen molar-refractivity contribution in [1.29, 1.82) is 0 Å². The summed E-state index contributed by atoms with van der Waals surface area (Å²) in [5.74, 6) is 0.674. The van der Waals surface area contributed by atoms with Gasteiger partial charge in [0.05, 0.1) is 12.0 Å². The summed E-state index contributed by atoms with van der Waals surface area (Å²) in [7, 11) is 0. The summed E-state index contributed by atoms with van der Waals surface area (Å²) in [4.78, 5) is 19.1. The van der Waals surface area contributed by atoms with Gasteiger partial charge in [-0.05, 0) is 59.3 Å². The summed E-state index contributed by atoms with van der Waals surface area (Å²) in [6.07, 6.45) is 8.59. The fraction of sp³-hybridized carbons (Fsp3) is 0.889. The van der Waals surface area contributed by atoms with Gasteiger partial charge in [-0.15, -0.1) is 0 Å². The maximum Gasteiger partial charge on any atom is 0.309 e. The third-order valence-corrected chi connectivity index (χ3v) is 4.68. The lowest BCUT2D eigenvalue weighted by Gasteiger charge is -2.29. The molecule has 5 heteroatoms. The molecule has 5 nitrogen and oxygen atoms in total. The van der Waals surface area contributed by atoms with E-state index in [1.807, 2.05) is 20.8 Å². The van der Waals surface area contributed by atoms with Crippen molar-refractivity contribution in [3.05, 3.63) is 0 Å². The van der Waals surface area contributed by atoms with Crippen molar-refractivity contribution in [3.8, 4) is 0 Å². The average molecular weight is 323 g/mol. The van der Waals surface area contributed by atoms with E-state index in [0.29, 0.717) is 5.96 Å². The van der Waals surface area contributed by atoms with E-state index in [1.54, 1.807) is 0 Å². The van der Waals surface area contributed by atoms with Crippen LogP contribution >= 0.6 is 0 Å². The molecule has 2 N–H and O–H groups in total. The fourth-order valence-electron chi connectivity index (χ4n) is 3.39. The van der Waals surface area contributed by atoms with Gasteiger partial charge < -0.3 is 15.4 Å². The number of carbonyl (C=O) groups excluding carboxylic acids is 1. The summed E-state index contributed by atoms with van der Waals surface area (Å²) in [5, 5.41) is 0. The van der Waals surface area contributed by atoms with Crippen molar-refractivity contribution in [2.45, 2.75) is 83.8 Å². The Morgan fingerprint density at radius 2 is 1.61 bits per heavy atom. The van der Waals surface area contributed by atoms with Crippen molar-refractivity contribution < 1.29 is 9.53 Å². The Morgan fingerprint density at radius 3 is 2.13 bits per heavy atom. The van der Waals surface area contributed by atoms with Crippen molar-refractivity contribution >= 4 is 11.9 Å². The van der Waals surface area contributed by atoms with E-state index in [2.05, 4.69) is 4.90 Å². The molecule has 0 amide bonds. The van der Waals surface area contributed by atoms with Crippen LogP contribution in [0.1, 0.15) is 72.1 Å². The summed E-state index contributed by atoms with van der Waals surface area (Å²) in [6, 6.07) is 0.261. The smallest absolute Gasteiger partial charge is 0.309 e. The molecular weight excluding hydrogens is 290 g/mol. The van der Waals surface area contributed by atoms with Gasteiger partial charge in [0.25, 0.3) is 0 Å². The minimum Gasteiger partial charge on any atom is -0.460 e. The van der Waals surface area contributed by atoms with Crippen LogP contribution in [0.5, 0.6) is 0 Å². The molecule has 0 aromatic rings. The maximum absolute atomic E-state index is 12.1. The molecule has 0 radical (unpaired) electrons. The highest BCUT2D eigenvalue weighted by Crippen LogP contribution is 2.28. The lowest BCUT2D eigenvalue weighted by atomic mass is 9.86. The first-order valence-corrected chi connectivity index (χ1v) is 9.16. The van der Waals surface area contributed by atoms with Crippen molar-refractivity contribution in [2.75, 3.05) is 13.1 Å². The van der Waals surface area contributed by atoms with Crippen LogP contribution in [0.3, 0.4) is 0 Å². The number of rotatable bonds is 2. The molecule has 0 unspecified atom stereocenters. The van der Waals surface area contributed by atoms with E-state index >= 15 is 0 Å². The minimum absolute atomic E-state index is 0.0279. The minimum atomic E-state index is -0.400. The van der Waals surface area contributed by atoms with Crippen LogP contribution in [0.25, 0.3) is 0 Å². The quantitative estimate of drug-likeness (QED) is 0.482. The monoisotopic (exact) mass is 323 g/mol. The number of aliphatic imine (C=N–C) groups is 1. The molecule has 23 heavy (non-hydrogen) atoms. The van der Waals surface area contributed by atoms with Gasteiger partial charge in [0.2, 0.25) is 0 Å². The first kappa shape index (κ1) is 18.1. The second kappa shape index (κ2) is 8.02. The van der Waals surface area contributed by atoms with Gasteiger partial charge in [-0.1, -0.05) is 12.8 Å². The molecule has 0 aromatic carbocycles. The highest BCUT2D eigenvalue weighted by Gasteiger charge is 2.30. The first-order chi connectivity index (χ1) is 10.8. The van der Waals surface area contributed by atoms with E-state index in [1.165, 1.54) is 25.7 Å². The van der Waals surface area contributed by atoms with E-state index in [9.17, 15) is 4.79 Å². The van der Waals surface area contributed by atoms with Gasteiger partial charge in [0.15, 0.2) is 5.96 Å². The molecule has 1 aliphatic heterocycles. The van der Waals surface area contributed by atoms with E-state index < -0.39 is 5.60 Å². The number of guanidine groups is 1. The summed E-state index contributed by atoms with van der Waals surface area (Å²) >= 11 is 0. The average Bonchev–Trinajstić information content (AvgIpc) is 2.75. The molecule has 132 valence electrons. The summed E-state index contributed by atoms with van der Waals surface area (Å²) in [5.41, 5.74) is 5.81. The van der Waals surface area contributed by atoms with E-state index in [4.69, 9.17) is 15.5 Å². The fourth-order valence-corrected chi connectivity index (χ4v) is 3.39. The van der Waals surface area contributed by atoms with Crippen LogP contribution < -0.4 is 5.73 Å². The van der Waals surface area contributed by atoms with Crippen LogP contribution in [0.4, 0.5) is 0 Å². The van der Waals surface area contributed by atoms with E-state index in [-0.39, 0.29) is 17.9 Å². The van der Waals surface area contributed by atoms with Crippen LogP contribution in [-0.4, -0.2) is 41.6 Å². The zero-order chi connectivity index (χ0) is 16.9. The number of nitrogens with two attached hydrogens (primary N) is 1. The Labute approximate surface area is 140 Å². The van der Waals surface area contributed by atoms with Crippen molar-refractivity contribution in [2.24, 2.45) is 16.6 Å². The van der Waals surface area contributed by atoms with Crippen LogP contribution in [0, 0.1) is 5.92 Å². The third-order valence-electron chi connectivity index (χ3n) is 4.68. The Hall–Kier alpha value is -1.26. The lowest BCUT2D eigenvalue weighted by Crippen LogP contribution is -2.39.